The van der Waals surface area contributed by atoms with Gasteiger partial charge in [-0.05, 0) is 6.92 Å². The maximum Gasteiger partial charge on any atom is 0.309 e. The first-order chi connectivity index (χ1) is 7.13. The normalized spacial score (nSPS) is 12.5. The molecule has 0 N–H and O–H groups in total. The first-order valence-corrected chi connectivity index (χ1v) is 5.86. The standard InChI is InChI=1S/C10H15NO3S/c1-7(10(12)13-3)5-15-6-9-4-8(2)11-14-9/h4,7H,5-6H2,1-3H3. The molecule has 1 aromatic rings. The topological polar surface area (TPSA) is 52.3 Å². The number of esters is 1. The highest BCUT2D eigenvalue weighted by Crippen LogP contribution is 2.16. The molecule has 1 rings (SSSR count). The van der Waals surface area contributed by atoms with E-state index in [-0.39, 0.29) is 11.9 Å². The van der Waals surface area contributed by atoms with Crippen molar-refractivity contribution in [3.8, 4) is 0 Å². The van der Waals surface area contributed by atoms with Crippen LogP contribution in [0.5, 0.6) is 0 Å². The van der Waals surface area contributed by atoms with Crippen LogP contribution in [0.4, 0.5) is 0 Å². The van der Waals surface area contributed by atoms with E-state index in [1.165, 1.54) is 7.11 Å². The van der Waals surface area contributed by atoms with Crippen LogP contribution in [-0.4, -0.2) is 24.0 Å². The van der Waals surface area contributed by atoms with E-state index in [0.717, 1.165) is 23.0 Å². The Bertz CT molecular complexity index is 324. The van der Waals surface area contributed by atoms with Crippen LogP contribution in [0.15, 0.2) is 10.6 Å². The Morgan fingerprint density at radius 1 is 1.73 bits per heavy atom. The number of hydrogen-bond donors (Lipinski definition) is 0. The second-order valence-electron chi connectivity index (χ2n) is 3.37. The fourth-order valence-corrected chi connectivity index (χ4v) is 2.03. The third-order valence-corrected chi connectivity index (χ3v) is 3.12. The molecule has 0 saturated carbocycles. The van der Waals surface area contributed by atoms with Crippen LogP contribution < -0.4 is 0 Å². The molecule has 0 saturated heterocycles. The molecule has 0 amide bonds. The van der Waals surface area contributed by atoms with E-state index in [0.29, 0.717) is 0 Å². The summed E-state index contributed by atoms with van der Waals surface area (Å²) in [5.74, 6) is 2.06. The van der Waals surface area contributed by atoms with E-state index in [4.69, 9.17) is 4.52 Å². The third-order valence-electron chi connectivity index (χ3n) is 1.89. The zero-order valence-corrected chi connectivity index (χ0v) is 9.97. The Labute approximate surface area is 93.3 Å². The lowest BCUT2D eigenvalue weighted by molar-refractivity contribution is -0.143. The van der Waals surface area contributed by atoms with Gasteiger partial charge in [-0.25, -0.2) is 0 Å². The van der Waals surface area contributed by atoms with Crippen LogP contribution in [0.3, 0.4) is 0 Å². The molecule has 0 aliphatic heterocycles. The number of ether oxygens (including phenoxy) is 1. The fourth-order valence-electron chi connectivity index (χ4n) is 1.09. The Balaban J connectivity index is 2.24. The number of carbonyl (C=O) groups is 1. The van der Waals surface area contributed by atoms with Crippen LogP contribution in [0.25, 0.3) is 0 Å². The Morgan fingerprint density at radius 2 is 2.47 bits per heavy atom. The van der Waals surface area contributed by atoms with Crippen LogP contribution in [0, 0.1) is 12.8 Å². The van der Waals surface area contributed by atoms with E-state index in [9.17, 15) is 4.79 Å². The second kappa shape index (κ2) is 5.80. The highest BCUT2D eigenvalue weighted by atomic mass is 32.2. The van der Waals surface area contributed by atoms with Crippen LogP contribution in [0.2, 0.25) is 0 Å². The molecule has 1 atom stereocenters. The molecule has 5 heteroatoms. The van der Waals surface area contributed by atoms with Crippen molar-refractivity contribution in [1.29, 1.82) is 0 Å². The highest BCUT2D eigenvalue weighted by Gasteiger charge is 2.13. The zero-order valence-electron chi connectivity index (χ0n) is 9.15. The predicted molar refractivity (Wildman–Crippen MR) is 58.6 cm³/mol. The number of aromatic nitrogens is 1. The van der Waals surface area contributed by atoms with E-state index in [1.54, 1.807) is 11.8 Å². The minimum atomic E-state index is -0.170. The number of hydrogen-bond acceptors (Lipinski definition) is 5. The number of methoxy groups -OCH3 is 1. The van der Waals surface area contributed by atoms with E-state index < -0.39 is 0 Å². The Kier molecular flexibility index (Phi) is 4.68. The van der Waals surface area contributed by atoms with E-state index >= 15 is 0 Å². The van der Waals surface area contributed by atoms with Gasteiger partial charge in [-0.15, -0.1) is 0 Å². The molecule has 0 radical (unpaired) electrons. The summed E-state index contributed by atoms with van der Waals surface area (Å²) in [5.41, 5.74) is 0.881. The summed E-state index contributed by atoms with van der Waals surface area (Å²) in [6, 6.07) is 1.90. The number of aryl methyl sites for hydroxylation is 1. The molecule has 0 bridgehead atoms. The quantitative estimate of drug-likeness (QED) is 0.723. The molecule has 0 aliphatic carbocycles. The van der Waals surface area contributed by atoms with Gasteiger partial charge in [-0.3, -0.25) is 4.79 Å². The van der Waals surface area contributed by atoms with Crippen molar-refractivity contribution in [3.63, 3.8) is 0 Å². The first kappa shape index (κ1) is 12.1. The van der Waals surface area contributed by atoms with Gasteiger partial charge in [0, 0.05) is 11.8 Å². The average Bonchev–Trinajstić information content (AvgIpc) is 2.63. The van der Waals surface area contributed by atoms with Crippen molar-refractivity contribution < 1.29 is 14.1 Å². The molecule has 0 spiro atoms. The molecule has 84 valence electrons. The maximum absolute atomic E-state index is 11.1. The van der Waals surface area contributed by atoms with Gasteiger partial charge in [-0.1, -0.05) is 12.1 Å². The summed E-state index contributed by atoms with van der Waals surface area (Å²) in [6.45, 7) is 3.74. The summed E-state index contributed by atoms with van der Waals surface area (Å²) >= 11 is 1.64. The lowest BCUT2D eigenvalue weighted by Crippen LogP contribution is -2.14. The minimum absolute atomic E-state index is 0.0796. The molecular weight excluding hydrogens is 214 g/mol. The number of carbonyl (C=O) groups excluding carboxylic acids is 1. The van der Waals surface area contributed by atoms with Crippen molar-refractivity contribution in [2.45, 2.75) is 19.6 Å². The second-order valence-corrected chi connectivity index (χ2v) is 4.40. The smallest absolute Gasteiger partial charge is 0.309 e. The van der Waals surface area contributed by atoms with Crippen molar-refractivity contribution in [2.75, 3.05) is 12.9 Å². The summed E-state index contributed by atoms with van der Waals surface area (Å²) in [4.78, 5) is 11.1. The molecule has 0 aromatic carbocycles. The number of thioether (sulfide) groups is 1. The van der Waals surface area contributed by atoms with Gasteiger partial charge < -0.3 is 9.26 Å². The van der Waals surface area contributed by atoms with Crippen LogP contribution in [0.1, 0.15) is 18.4 Å². The largest absolute Gasteiger partial charge is 0.469 e. The van der Waals surface area contributed by atoms with Gasteiger partial charge in [0.1, 0.15) is 5.76 Å². The summed E-state index contributed by atoms with van der Waals surface area (Å²) in [7, 11) is 1.41. The molecule has 4 nitrogen and oxygen atoms in total. The Hall–Kier alpha value is -0.970. The van der Waals surface area contributed by atoms with Gasteiger partial charge in [0.25, 0.3) is 0 Å². The monoisotopic (exact) mass is 229 g/mol. The molecule has 0 aliphatic rings. The number of rotatable bonds is 5. The van der Waals surface area contributed by atoms with Gasteiger partial charge in [-0.2, -0.15) is 11.8 Å². The SMILES string of the molecule is COC(=O)C(C)CSCc1cc(C)no1. The maximum atomic E-state index is 11.1. The molecule has 1 heterocycles. The zero-order chi connectivity index (χ0) is 11.3. The molecule has 15 heavy (non-hydrogen) atoms. The van der Waals surface area contributed by atoms with Gasteiger partial charge in [0.15, 0.2) is 0 Å². The predicted octanol–water partition coefficient (Wildman–Crippen LogP) is 2.03. The minimum Gasteiger partial charge on any atom is -0.469 e. The highest BCUT2D eigenvalue weighted by molar-refractivity contribution is 7.98. The van der Waals surface area contributed by atoms with Crippen molar-refractivity contribution in [3.05, 3.63) is 17.5 Å². The molecular formula is C10H15NO3S. The van der Waals surface area contributed by atoms with Gasteiger partial charge in [0.05, 0.1) is 24.5 Å². The summed E-state index contributed by atoms with van der Waals surface area (Å²) in [6.07, 6.45) is 0. The van der Waals surface area contributed by atoms with Gasteiger partial charge in [0.2, 0.25) is 0 Å². The van der Waals surface area contributed by atoms with E-state index in [2.05, 4.69) is 9.89 Å². The van der Waals surface area contributed by atoms with Crippen molar-refractivity contribution in [2.24, 2.45) is 5.92 Å². The number of nitrogens with zero attached hydrogens (tertiary/aromatic N) is 1. The average molecular weight is 229 g/mol. The molecule has 1 aromatic heterocycles. The molecule has 1 unspecified atom stereocenters. The molecule has 0 fully saturated rings. The van der Waals surface area contributed by atoms with Gasteiger partial charge >= 0.3 is 5.97 Å². The van der Waals surface area contributed by atoms with Crippen molar-refractivity contribution in [1.82, 2.24) is 5.16 Å². The van der Waals surface area contributed by atoms with E-state index in [1.807, 2.05) is 19.9 Å². The fraction of sp³-hybridized carbons (Fsp3) is 0.600. The van der Waals surface area contributed by atoms with Crippen LogP contribution >= 0.6 is 11.8 Å². The third kappa shape index (κ3) is 3.95. The lowest BCUT2D eigenvalue weighted by Gasteiger charge is -2.06. The first-order valence-electron chi connectivity index (χ1n) is 4.71. The Morgan fingerprint density at radius 3 is 3.00 bits per heavy atom. The summed E-state index contributed by atoms with van der Waals surface area (Å²) < 4.78 is 9.68. The lowest BCUT2D eigenvalue weighted by atomic mass is 10.2. The summed E-state index contributed by atoms with van der Waals surface area (Å²) in [5, 5.41) is 3.79. The van der Waals surface area contributed by atoms with Crippen molar-refractivity contribution >= 4 is 17.7 Å². The van der Waals surface area contributed by atoms with Crippen LogP contribution in [-0.2, 0) is 15.3 Å².